The normalized spacial score (nSPS) is 25.4. The molecule has 1 fully saturated rings. The van der Waals surface area contributed by atoms with E-state index in [0.29, 0.717) is 0 Å². The quantitative estimate of drug-likeness (QED) is 0.388. The van der Waals surface area contributed by atoms with Gasteiger partial charge in [-0.05, 0) is 0 Å². The molecule has 0 aromatic heterocycles. The molecule has 30 heavy (non-hydrogen) atoms. The van der Waals surface area contributed by atoms with Gasteiger partial charge in [0.15, 0.2) is 0 Å². The van der Waals surface area contributed by atoms with Crippen LogP contribution in [0.3, 0.4) is 0 Å². The molecule has 2 atom stereocenters. The molecule has 1 nitrogen and oxygen atoms in total. The van der Waals surface area contributed by atoms with Crippen LogP contribution < -0.4 is 15.9 Å². The Kier molecular flexibility index (Phi) is 4.43. The molecule has 0 aliphatic carbocycles. The van der Waals surface area contributed by atoms with E-state index in [1.165, 1.54) is 21.5 Å². The molecule has 0 radical (unpaired) electrons. The molecule has 0 N–H and O–H groups in total. The van der Waals surface area contributed by atoms with Crippen LogP contribution in [0.2, 0.25) is 0 Å². The van der Waals surface area contributed by atoms with Crippen LogP contribution in [0.1, 0.15) is 19.4 Å². The summed E-state index contributed by atoms with van der Waals surface area (Å²) in [6.07, 6.45) is 0. The number of benzene rings is 4. The molecule has 1 heterocycles. The fourth-order valence-electron chi connectivity index (χ4n) is 5.48. The van der Waals surface area contributed by atoms with Crippen molar-refractivity contribution in [1.29, 1.82) is 0 Å². The Hall–Kier alpha value is -2.73. The SMILES string of the molecule is C[C@@H]1[C@@](C)(c2ccccc2)OP1(c1ccccc1)(c1ccccc1)c1ccccc1. The van der Waals surface area contributed by atoms with Gasteiger partial charge in [0.25, 0.3) is 0 Å². The van der Waals surface area contributed by atoms with Crippen molar-refractivity contribution in [2.24, 2.45) is 0 Å². The van der Waals surface area contributed by atoms with Gasteiger partial charge in [0.05, 0.1) is 0 Å². The molecule has 4 aromatic carbocycles. The van der Waals surface area contributed by atoms with E-state index in [1.54, 1.807) is 0 Å². The molecule has 0 bridgehead atoms. The van der Waals surface area contributed by atoms with Crippen LogP contribution in [0.5, 0.6) is 0 Å². The Morgan fingerprint density at radius 1 is 0.567 bits per heavy atom. The van der Waals surface area contributed by atoms with Crippen molar-refractivity contribution >= 4 is 22.7 Å². The molecular formula is C28H27OP. The van der Waals surface area contributed by atoms with E-state index in [-0.39, 0.29) is 11.3 Å². The Labute approximate surface area is 179 Å². The van der Waals surface area contributed by atoms with E-state index in [0.717, 1.165) is 0 Å². The molecular weight excluding hydrogens is 383 g/mol. The van der Waals surface area contributed by atoms with Crippen LogP contribution in [-0.4, -0.2) is 5.66 Å². The van der Waals surface area contributed by atoms with Gasteiger partial charge in [-0.15, -0.1) is 0 Å². The van der Waals surface area contributed by atoms with Crippen LogP contribution in [0.25, 0.3) is 0 Å². The third-order valence-corrected chi connectivity index (χ3v) is 13.8. The molecule has 150 valence electrons. The van der Waals surface area contributed by atoms with Gasteiger partial charge >= 0.3 is 179 Å². The number of hydrogen-bond donors (Lipinski definition) is 0. The van der Waals surface area contributed by atoms with Crippen LogP contribution in [-0.2, 0) is 10.1 Å². The minimum absolute atomic E-state index is 0.276. The second-order valence-electron chi connectivity index (χ2n) is 8.35. The molecule has 5 rings (SSSR count). The molecule has 1 saturated heterocycles. The summed E-state index contributed by atoms with van der Waals surface area (Å²) in [6, 6.07) is 43.4. The summed E-state index contributed by atoms with van der Waals surface area (Å²) >= 11 is 0. The predicted octanol–water partition coefficient (Wildman–Crippen LogP) is 5.77. The first-order valence-corrected chi connectivity index (χ1v) is 12.8. The summed E-state index contributed by atoms with van der Waals surface area (Å²) in [5.74, 6) is 0. The molecule has 4 aromatic rings. The molecule has 0 spiro atoms. The van der Waals surface area contributed by atoms with E-state index in [4.69, 9.17) is 4.52 Å². The monoisotopic (exact) mass is 410 g/mol. The van der Waals surface area contributed by atoms with E-state index >= 15 is 0 Å². The average Bonchev–Trinajstić information content (AvgIpc) is 2.84. The average molecular weight is 410 g/mol. The van der Waals surface area contributed by atoms with Gasteiger partial charge in [-0.1, -0.05) is 0 Å². The standard InChI is InChI=1S/C28H27OP/c1-23-28(2,24-15-7-3-8-16-24)29-30(23,25-17-9-4-10-18-25,26-19-11-5-12-20-26)27-21-13-6-14-22-27/h3-23H,1-2H3/t23-,28+/m1/s1. The first kappa shape index (κ1) is 19.2. The molecule has 2 heteroatoms. The second-order valence-corrected chi connectivity index (χ2v) is 13.1. The van der Waals surface area contributed by atoms with Gasteiger partial charge in [-0.2, -0.15) is 0 Å². The van der Waals surface area contributed by atoms with Gasteiger partial charge in [-0.25, -0.2) is 0 Å². The van der Waals surface area contributed by atoms with Crippen LogP contribution >= 0.6 is 6.83 Å². The maximum absolute atomic E-state index is 7.49. The van der Waals surface area contributed by atoms with Crippen LogP contribution in [0, 0.1) is 0 Å². The van der Waals surface area contributed by atoms with Gasteiger partial charge < -0.3 is 0 Å². The van der Waals surface area contributed by atoms with E-state index in [9.17, 15) is 0 Å². The molecule has 1 aliphatic rings. The zero-order chi connectivity index (χ0) is 20.7. The van der Waals surface area contributed by atoms with Crippen molar-refractivity contribution in [1.82, 2.24) is 0 Å². The molecule has 0 amide bonds. The third kappa shape index (κ3) is 2.31. The molecule has 0 unspecified atom stereocenters. The van der Waals surface area contributed by atoms with E-state index in [2.05, 4.69) is 135 Å². The summed E-state index contributed by atoms with van der Waals surface area (Å²) < 4.78 is 7.49. The van der Waals surface area contributed by atoms with Crippen LogP contribution in [0.15, 0.2) is 121 Å². The van der Waals surface area contributed by atoms with Crippen molar-refractivity contribution < 1.29 is 4.52 Å². The first-order chi connectivity index (χ1) is 14.6. The van der Waals surface area contributed by atoms with Gasteiger partial charge in [0.2, 0.25) is 0 Å². The summed E-state index contributed by atoms with van der Waals surface area (Å²) in [6.45, 7) is 1.49. The summed E-state index contributed by atoms with van der Waals surface area (Å²) in [7, 11) is 0. The van der Waals surface area contributed by atoms with Crippen LogP contribution in [0.4, 0.5) is 0 Å². The maximum atomic E-state index is 7.49. The van der Waals surface area contributed by atoms with E-state index < -0.39 is 6.83 Å². The van der Waals surface area contributed by atoms with Gasteiger partial charge in [0, 0.05) is 0 Å². The second kappa shape index (κ2) is 6.91. The Bertz CT molecular complexity index is 1040. The summed E-state index contributed by atoms with van der Waals surface area (Å²) in [5.41, 5.74) is 1.15. The zero-order valence-corrected chi connectivity index (χ0v) is 18.4. The topological polar surface area (TPSA) is 9.23 Å². The first-order valence-electron chi connectivity index (χ1n) is 10.6. The van der Waals surface area contributed by atoms with Crippen molar-refractivity contribution in [3.63, 3.8) is 0 Å². The Morgan fingerprint density at radius 3 is 1.23 bits per heavy atom. The number of hydrogen-bond acceptors (Lipinski definition) is 1. The van der Waals surface area contributed by atoms with Crippen molar-refractivity contribution in [2.45, 2.75) is 25.1 Å². The molecule has 1 aliphatic heterocycles. The van der Waals surface area contributed by atoms with Crippen molar-refractivity contribution in [2.75, 3.05) is 0 Å². The van der Waals surface area contributed by atoms with Crippen molar-refractivity contribution in [3.8, 4) is 0 Å². The third-order valence-electron chi connectivity index (χ3n) is 7.07. The minimum atomic E-state index is -3.16. The summed E-state index contributed by atoms with van der Waals surface area (Å²) in [5, 5.41) is 3.88. The van der Waals surface area contributed by atoms with Gasteiger partial charge in [-0.3, -0.25) is 0 Å². The van der Waals surface area contributed by atoms with E-state index in [1.807, 2.05) is 0 Å². The van der Waals surface area contributed by atoms with Gasteiger partial charge in [0.1, 0.15) is 0 Å². The fraction of sp³-hybridized carbons (Fsp3) is 0.143. The fourth-order valence-corrected chi connectivity index (χ4v) is 12.5. The Balaban J connectivity index is 1.87. The van der Waals surface area contributed by atoms with Crippen molar-refractivity contribution in [3.05, 3.63) is 127 Å². The number of rotatable bonds is 4. The summed E-state index contributed by atoms with van der Waals surface area (Å²) in [4.78, 5) is 0. The Morgan fingerprint density at radius 2 is 0.900 bits per heavy atom. The molecule has 0 saturated carbocycles. The zero-order valence-electron chi connectivity index (χ0n) is 17.5. The predicted molar refractivity (Wildman–Crippen MR) is 129 cm³/mol.